The Kier molecular flexibility index (Phi) is 21.4. The highest BCUT2D eigenvalue weighted by molar-refractivity contribution is 9.11. The van der Waals surface area contributed by atoms with Crippen LogP contribution in [0.15, 0.2) is 467 Å². The zero-order valence-electron chi connectivity index (χ0n) is 64.0. The Morgan fingerprint density at radius 2 is 0.585 bits per heavy atom. The van der Waals surface area contributed by atoms with Crippen LogP contribution in [0.1, 0.15) is 0 Å². The second-order valence-corrected chi connectivity index (χ2v) is 33.0. The Balaban J connectivity index is 0.000000118. The fourth-order valence-electron chi connectivity index (χ4n) is 16.0. The number of para-hydroxylation sites is 3. The molecule has 0 saturated carbocycles. The van der Waals surface area contributed by atoms with Crippen molar-refractivity contribution in [2.75, 3.05) is 14.7 Å². The maximum Gasteiger partial charge on any atom is 0.135 e. The summed E-state index contributed by atoms with van der Waals surface area (Å²) in [6.07, 6.45) is 0. The van der Waals surface area contributed by atoms with E-state index in [0.717, 1.165) is 86.4 Å². The zero-order valence-corrected chi connectivity index (χ0v) is 69.6. The fourth-order valence-corrected chi connectivity index (χ4v) is 18.2. The van der Waals surface area contributed by atoms with Gasteiger partial charge in [-0.05, 0) is 247 Å². The fraction of sp³-hybridized carbons (Fsp3) is 0. The molecule has 4 nitrogen and oxygen atoms in total. The predicted molar refractivity (Wildman–Crippen MR) is 514 cm³/mol. The van der Waals surface area contributed by atoms with Gasteiger partial charge in [0.1, 0.15) is 11.2 Å². The third-order valence-electron chi connectivity index (χ3n) is 21.7. The van der Waals surface area contributed by atoms with Gasteiger partial charge in [-0.3, -0.25) is 0 Å². The molecule has 19 aromatic carbocycles. The maximum atomic E-state index is 6.17. The van der Waals surface area contributed by atoms with Crippen LogP contribution in [0.25, 0.3) is 130 Å². The molecule has 0 spiro atoms. The third kappa shape index (κ3) is 15.8. The second-order valence-electron chi connectivity index (χ2n) is 29.1. The van der Waals surface area contributed by atoms with E-state index < -0.39 is 0 Å². The number of hydrogen-bond acceptors (Lipinski definition) is 5. The van der Waals surface area contributed by atoms with Gasteiger partial charge in [0.25, 0.3) is 0 Å². The van der Waals surface area contributed by atoms with E-state index in [1.165, 1.54) is 109 Å². The molecule has 0 radical (unpaired) electrons. The summed E-state index contributed by atoms with van der Waals surface area (Å²) in [7, 11) is 0. The summed E-state index contributed by atoms with van der Waals surface area (Å²) in [5, 5.41) is 9.75. The van der Waals surface area contributed by atoms with Crippen LogP contribution in [0.5, 0.6) is 0 Å². The van der Waals surface area contributed by atoms with E-state index in [1.807, 2.05) is 23.5 Å². The lowest BCUT2D eigenvalue weighted by Gasteiger charge is -2.27. The molecule has 0 N–H and O–H groups in total. The Morgan fingerprint density at radius 3 is 1.26 bits per heavy atom. The number of furan rings is 1. The molecule has 0 unspecified atom stereocenters. The van der Waals surface area contributed by atoms with Gasteiger partial charge < -0.3 is 19.1 Å². The van der Waals surface area contributed by atoms with E-state index in [1.54, 1.807) is 0 Å². The summed E-state index contributed by atoms with van der Waals surface area (Å²) >= 11 is 12.6. The molecule has 21 aromatic rings. The third-order valence-corrected chi connectivity index (χ3v) is 24.4. The average Bonchev–Trinajstić information content (AvgIpc) is 1.50. The van der Waals surface area contributed by atoms with Crippen LogP contribution < -0.4 is 14.7 Å². The summed E-state index contributed by atoms with van der Waals surface area (Å²) in [5.41, 5.74) is 26.3. The number of halogens is 3. The van der Waals surface area contributed by atoms with Crippen molar-refractivity contribution in [2.45, 2.75) is 0 Å². The van der Waals surface area contributed by atoms with Gasteiger partial charge in [-0.25, -0.2) is 0 Å². The van der Waals surface area contributed by atoms with Crippen molar-refractivity contribution in [1.82, 2.24) is 0 Å². The Labute approximate surface area is 716 Å². The van der Waals surface area contributed by atoms with Gasteiger partial charge in [-0.15, -0.1) is 11.3 Å². The molecular formula is C110H74Br3N3OS. The average molecular weight is 1730 g/mol. The van der Waals surface area contributed by atoms with Crippen LogP contribution in [0.2, 0.25) is 0 Å². The van der Waals surface area contributed by atoms with Crippen LogP contribution in [0, 0.1) is 0 Å². The number of nitrogens with zero attached hydrogens (tertiary/aromatic N) is 3. The first kappa shape index (κ1) is 74.7. The number of hydrogen-bond donors (Lipinski definition) is 0. The highest BCUT2D eigenvalue weighted by atomic mass is 79.9. The standard InChI is InChI=1S/C40H26BrNO.C36H24BrNS.C34H24BrN/c41-31-13-7-11-29(23-31)35-15-3-4-16-36(35)30-12-8-14-32(25-30)42(33-20-19-27-9-1-2-10-28(27)24-33)34-21-22-40-38(26-34)37-17-5-6-18-39(37)43-40;37-29-18-14-27(15-19-29)25-10-12-26(13-11-25)28-16-20-31(21-17-28)38(30-6-2-1-3-7-30)32-22-23-34-33-8-4-5-9-35(33)39-36(34)24-32;35-30-16-7-14-28(23-30)26-12-6-13-27(22-26)29-15-8-19-32(24-29)36(31-17-2-1-3-18-31)34-21-9-11-25-10-4-5-20-33(25)34/h1-26H;1-24H;1-24H. The zero-order chi connectivity index (χ0) is 79.3. The molecule has 562 valence electrons. The summed E-state index contributed by atoms with van der Waals surface area (Å²) in [6, 6.07) is 160. The minimum Gasteiger partial charge on any atom is -0.456 e. The van der Waals surface area contributed by atoms with Crippen molar-refractivity contribution >= 4 is 174 Å². The molecule has 0 fully saturated rings. The number of anilines is 9. The van der Waals surface area contributed by atoms with Crippen molar-refractivity contribution in [3.8, 4) is 66.8 Å². The number of fused-ring (bicyclic) bond motifs is 8. The molecule has 0 aliphatic heterocycles. The van der Waals surface area contributed by atoms with E-state index >= 15 is 0 Å². The Morgan fingerprint density at radius 1 is 0.186 bits per heavy atom. The summed E-state index contributed by atoms with van der Waals surface area (Å²) < 4.78 is 12.0. The molecule has 0 atom stereocenters. The summed E-state index contributed by atoms with van der Waals surface area (Å²) in [6.45, 7) is 0. The van der Waals surface area contributed by atoms with Crippen LogP contribution in [-0.4, -0.2) is 0 Å². The van der Waals surface area contributed by atoms with Gasteiger partial charge in [-0.2, -0.15) is 0 Å². The van der Waals surface area contributed by atoms with E-state index in [4.69, 9.17) is 4.42 Å². The quantitative estimate of drug-likeness (QED) is 0.102. The first-order valence-corrected chi connectivity index (χ1v) is 42.6. The SMILES string of the molecule is Brc1ccc(-c2ccc(-c3ccc(N(c4ccccc4)c4ccc5c(c4)sc4ccccc45)cc3)cc2)cc1.Brc1cccc(-c2cccc(-c3cccc(N(c4ccccc4)c4cccc5ccccc45)c3)c2)c1.Brc1cccc(-c2ccccc2-c2cccc(N(c3ccc4ccccc4c3)c3ccc4oc5ccccc5c4c3)c2)c1. The van der Waals surface area contributed by atoms with Gasteiger partial charge in [-0.1, -0.05) is 333 Å². The van der Waals surface area contributed by atoms with E-state index in [-0.39, 0.29) is 0 Å². The van der Waals surface area contributed by atoms with Crippen molar-refractivity contribution < 1.29 is 4.42 Å². The van der Waals surface area contributed by atoms with Crippen molar-refractivity contribution in [3.63, 3.8) is 0 Å². The van der Waals surface area contributed by atoms with Crippen LogP contribution in [0.3, 0.4) is 0 Å². The molecule has 0 aliphatic carbocycles. The second kappa shape index (κ2) is 33.8. The Bertz CT molecular complexity index is 7180. The highest BCUT2D eigenvalue weighted by Crippen LogP contribution is 2.46. The molecule has 21 rings (SSSR count). The van der Waals surface area contributed by atoms with Gasteiger partial charge in [0.15, 0.2) is 0 Å². The molecule has 2 heterocycles. The highest BCUT2D eigenvalue weighted by Gasteiger charge is 2.21. The molecule has 0 aliphatic rings. The molecular weight excluding hydrogens is 1650 g/mol. The smallest absolute Gasteiger partial charge is 0.135 e. The maximum absolute atomic E-state index is 6.17. The number of thiophene rings is 1. The normalized spacial score (nSPS) is 11.2. The van der Waals surface area contributed by atoms with E-state index in [2.05, 4.69) is 499 Å². The number of rotatable bonds is 15. The molecule has 8 heteroatoms. The molecule has 0 amide bonds. The Hall–Kier alpha value is -13.4. The van der Waals surface area contributed by atoms with E-state index in [9.17, 15) is 0 Å². The monoisotopic (exact) mass is 1720 g/mol. The van der Waals surface area contributed by atoms with E-state index in [0.29, 0.717) is 0 Å². The molecule has 118 heavy (non-hydrogen) atoms. The first-order chi connectivity index (χ1) is 58.2. The van der Waals surface area contributed by atoms with Crippen LogP contribution in [-0.2, 0) is 0 Å². The van der Waals surface area contributed by atoms with Gasteiger partial charge in [0, 0.05) is 95.2 Å². The molecule has 0 saturated heterocycles. The van der Waals surface area contributed by atoms with Crippen molar-refractivity contribution in [2.24, 2.45) is 0 Å². The number of benzene rings is 19. The minimum absolute atomic E-state index is 0.889. The minimum atomic E-state index is 0.889. The molecule has 0 bridgehead atoms. The summed E-state index contributed by atoms with van der Waals surface area (Å²) in [4.78, 5) is 7.03. The van der Waals surface area contributed by atoms with Gasteiger partial charge in [0.2, 0.25) is 0 Å². The van der Waals surface area contributed by atoms with Gasteiger partial charge in [0.05, 0.1) is 5.69 Å². The van der Waals surface area contributed by atoms with Gasteiger partial charge >= 0.3 is 0 Å². The topological polar surface area (TPSA) is 22.9 Å². The van der Waals surface area contributed by atoms with Crippen LogP contribution >= 0.6 is 59.1 Å². The van der Waals surface area contributed by atoms with Crippen LogP contribution in [0.4, 0.5) is 51.2 Å². The predicted octanol–water partition coefficient (Wildman–Crippen LogP) is 34.3. The van der Waals surface area contributed by atoms with Crippen molar-refractivity contribution in [1.29, 1.82) is 0 Å². The lowest BCUT2D eigenvalue weighted by atomic mass is 9.94. The molecule has 2 aromatic heterocycles. The van der Waals surface area contributed by atoms with Crippen molar-refractivity contribution in [3.05, 3.63) is 462 Å². The lowest BCUT2D eigenvalue weighted by Crippen LogP contribution is -2.10. The largest absolute Gasteiger partial charge is 0.456 e. The summed E-state index contributed by atoms with van der Waals surface area (Å²) in [5.74, 6) is 0. The lowest BCUT2D eigenvalue weighted by molar-refractivity contribution is 0.669. The first-order valence-electron chi connectivity index (χ1n) is 39.4.